The molecule has 0 radical (unpaired) electrons. The lowest BCUT2D eigenvalue weighted by atomic mass is 10.2. The summed E-state index contributed by atoms with van der Waals surface area (Å²) >= 11 is 6.70. The minimum absolute atomic E-state index is 0.00267. The first-order valence-corrected chi connectivity index (χ1v) is 11.8. The van der Waals surface area contributed by atoms with E-state index >= 15 is 0 Å². The number of amides is 1. The van der Waals surface area contributed by atoms with Crippen LogP contribution in [0.15, 0.2) is 60.8 Å². The van der Waals surface area contributed by atoms with E-state index in [0.717, 1.165) is 12.1 Å². The van der Waals surface area contributed by atoms with Gasteiger partial charge in [-0.1, -0.05) is 11.6 Å². The van der Waals surface area contributed by atoms with Gasteiger partial charge in [-0.15, -0.1) is 0 Å². The number of nitrogens with two attached hydrogens (primary N) is 1. The zero-order valence-corrected chi connectivity index (χ0v) is 20.7. The van der Waals surface area contributed by atoms with E-state index < -0.39 is 17.6 Å². The molecule has 0 aliphatic rings. The highest BCUT2D eigenvalue weighted by atomic mass is 35.5. The quantitative estimate of drug-likeness (QED) is 0.292. The Morgan fingerprint density at radius 1 is 1.11 bits per heavy atom. The van der Waals surface area contributed by atoms with Crippen LogP contribution in [0.25, 0.3) is 16.6 Å². The van der Waals surface area contributed by atoms with E-state index in [1.54, 1.807) is 34.9 Å². The van der Waals surface area contributed by atoms with Crippen LogP contribution in [0, 0.1) is 0 Å². The minimum Gasteiger partial charge on any atom is -0.491 e. The Morgan fingerprint density at radius 3 is 2.41 bits per heavy atom. The standard InChI is InChI=1S/C26H24ClF3N4O3/c1-15(2)36-18-6-4-17(5-7-18)34-21-9-8-19(37-22-10-3-16(14-33-22)26(28,29)30)13-20(21)23(27)24(34)25(35)32-12-11-31/h3-10,13-15H,11-12,31H2,1-2H3,(H,32,35). The van der Waals surface area contributed by atoms with Crippen LogP contribution in [0.3, 0.4) is 0 Å². The third-order valence-electron chi connectivity index (χ3n) is 5.27. The van der Waals surface area contributed by atoms with Crippen LogP contribution in [0.2, 0.25) is 5.02 Å². The van der Waals surface area contributed by atoms with E-state index in [-0.39, 0.29) is 41.5 Å². The van der Waals surface area contributed by atoms with Crippen molar-refractivity contribution in [2.75, 3.05) is 13.1 Å². The van der Waals surface area contributed by atoms with Gasteiger partial charge in [-0.2, -0.15) is 13.2 Å². The van der Waals surface area contributed by atoms with Crippen LogP contribution in [0.1, 0.15) is 29.9 Å². The second kappa shape index (κ2) is 10.7. The van der Waals surface area contributed by atoms with Crippen LogP contribution >= 0.6 is 11.6 Å². The van der Waals surface area contributed by atoms with Gasteiger partial charge in [-0.3, -0.25) is 4.79 Å². The molecule has 0 saturated carbocycles. The molecule has 3 N–H and O–H groups in total. The second-order valence-electron chi connectivity index (χ2n) is 8.37. The van der Waals surface area contributed by atoms with Gasteiger partial charge >= 0.3 is 6.18 Å². The molecule has 0 fully saturated rings. The first kappa shape index (κ1) is 26.3. The highest BCUT2D eigenvalue weighted by Gasteiger charge is 2.30. The van der Waals surface area contributed by atoms with E-state index in [9.17, 15) is 18.0 Å². The average molecular weight is 533 g/mol. The van der Waals surface area contributed by atoms with Crippen LogP contribution in [-0.4, -0.2) is 34.7 Å². The van der Waals surface area contributed by atoms with Crippen LogP contribution in [0.4, 0.5) is 13.2 Å². The smallest absolute Gasteiger partial charge is 0.417 e. The Bertz CT molecular complexity index is 1400. The molecular formula is C26H24ClF3N4O3. The number of hydrogen-bond donors (Lipinski definition) is 2. The molecular weight excluding hydrogens is 509 g/mol. The first-order valence-electron chi connectivity index (χ1n) is 11.4. The average Bonchev–Trinajstić information content (AvgIpc) is 3.14. The summed E-state index contributed by atoms with van der Waals surface area (Å²) in [6.45, 7) is 4.36. The Hall–Kier alpha value is -3.76. The molecule has 4 rings (SSSR count). The third-order valence-corrected chi connectivity index (χ3v) is 5.66. The van der Waals surface area contributed by atoms with Crippen molar-refractivity contribution in [3.8, 4) is 23.1 Å². The number of pyridine rings is 1. The fraction of sp³-hybridized carbons (Fsp3) is 0.231. The molecule has 2 aromatic carbocycles. The fourth-order valence-electron chi connectivity index (χ4n) is 3.71. The summed E-state index contributed by atoms with van der Waals surface area (Å²) in [5.74, 6) is 0.522. The molecule has 37 heavy (non-hydrogen) atoms. The van der Waals surface area contributed by atoms with Gasteiger partial charge in [0.15, 0.2) is 0 Å². The SMILES string of the molecule is CC(C)Oc1ccc(-n2c(C(=O)NCCN)c(Cl)c3cc(Oc4ccc(C(F)(F)F)cn4)ccc32)cc1. The monoisotopic (exact) mass is 532 g/mol. The molecule has 0 aliphatic heterocycles. The molecule has 4 aromatic rings. The molecule has 7 nitrogen and oxygen atoms in total. The van der Waals surface area contributed by atoms with Gasteiger partial charge in [0.25, 0.3) is 5.91 Å². The van der Waals surface area contributed by atoms with Crippen molar-refractivity contribution in [3.05, 3.63) is 77.1 Å². The number of nitrogens with one attached hydrogen (secondary N) is 1. The summed E-state index contributed by atoms with van der Waals surface area (Å²) in [5, 5.41) is 3.43. The molecule has 0 aliphatic carbocycles. The molecule has 0 spiro atoms. The van der Waals surface area contributed by atoms with Crippen molar-refractivity contribution in [2.24, 2.45) is 5.73 Å². The van der Waals surface area contributed by atoms with Gasteiger partial charge in [-0.25, -0.2) is 4.98 Å². The molecule has 1 amide bonds. The minimum atomic E-state index is -4.50. The normalized spacial score (nSPS) is 11.7. The number of alkyl halides is 3. The zero-order chi connectivity index (χ0) is 26.7. The highest BCUT2D eigenvalue weighted by Crippen LogP contribution is 2.37. The molecule has 2 heterocycles. The summed E-state index contributed by atoms with van der Waals surface area (Å²) < 4.78 is 51.6. The van der Waals surface area contributed by atoms with E-state index in [1.165, 1.54) is 0 Å². The van der Waals surface area contributed by atoms with Crippen LogP contribution in [0.5, 0.6) is 17.4 Å². The van der Waals surface area contributed by atoms with E-state index in [4.69, 9.17) is 26.8 Å². The summed E-state index contributed by atoms with van der Waals surface area (Å²) in [5.41, 5.74) is 6.16. The summed E-state index contributed by atoms with van der Waals surface area (Å²) in [6, 6.07) is 14.2. The highest BCUT2D eigenvalue weighted by molar-refractivity contribution is 6.39. The van der Waals surface area contributed by atoms with Crippen molar-refractivity contribution < 1.29 is 27.4 Å². The number of benzene rings is 2. The summed E-state index contributed by atoms with van der Waals surface area (Å²) in [7, 11) is 0. The zero-order valence-electron chi connectivity index (χ0n) is 20.0. The summed E-state index contributed by atoms with van der Waals surface area (Å²) in [4.78, 5) is 16.8. The molecule has 0 saturated heterocycles. The number of halogens is 4. The summed E-state index contributed by atoms with van der Waals surface area (Å²) in [6.07, 6.45) is -3.80. The first-order chi connectivity index (χ1) is 17.6. The van der Waals surface area contributed by atoms with Gasteiger partial charge in [0.05, 0.1) is 22.2 Å². The maximum atomic E-state index is 13.1. The number of carbonyl (C=O) groups is 1. The largest absolute Gasteiger partial charge is 0.491 e. The predicted octanol–water partition coefficient (Wildman–Crippen LogP) is 5.97. The van der Waals surface area contributed by atoms with Gasteiger partial charge in [-0.05, 0) is 62.4 Å². The predicted molar refractivity (Wildman–Crippen MR) is 135 cm³/mol. The van der Waals surface area contributed by atoms with Crippen molar-refractivity contribution in [1.82, 2.24) is 14.9 Å². The number of aromatic nitrogens is 2. The van der Waals surface area contributed by atoms with Crippen LogP contribution in [-0.2, 0) is 6.18 Å². The van der Waals surface area contributed by atoms with Gasteiger partial charge in [0.2, 0.25) is 5.88 Å². The Morgan fingerprint density at radius 2 is 1.81 bits per heavy atom. The number of rotatable bonds is 8. The molecule has 2 aromatic heterocycles. The lowest BCUT2D eigenvalue weighted by molar-refractivity contribution is -0.137. The van der Waals surface area contributed by atoms with E-state index in [2.05, 4.69) is 10.3 Å². The Labute approximate surface area is 215 Å². The number of hydrogen-bond acceptors (Lipinski definition) is 5. The van der Waals surface area contributed by atoms with Crippen molar-refractivity contribution in [2.45, 2.75) is 26.1 Å². The van der Waals surface area contributed by atoms with E-state index in [1.807, 2.05) is 26.0 Å². The maximum absolute atomic E-state index is 13.1. The Kier molecular flexibility index (Phi) is 7.60. The van der Waals surface area contributed by atoms with Gasteiger partial charge < -0.3 is 25.1 Å². The van der Waals surface area contributed by atoms with E-state index in [0.29, 0.717) is 28.5 Å². The molecule has 194 valence electrons. The lowest BCUT2D eigenvalue weighted by Gasteiger charge is -2.14. The maximum Gasteiger partial charge on any atom is 0.417 e. The molecule has 0 atom stereocenters. The molecule has 11 heteroatoms. The second-order valence-corrected chi connectivity index (χ2v) is 8.74. The molecule has 0 bridgehead atoms. The number of ether oxygens (including phenoxy) is 2. The van der Waals surface area contributed by atoms with Crippen molar-refractivity contribution >= 4 is 28.4 Å². The Balaban J connectivity index is 1.75. The lowest BCUT2D eigenvalue weighted by Crippen LogP contribution is -2.30. The van der Waals surface area contributed by atoms with Gasteiger partial charge in [0.1, 0.15) is 17.2 Å². The fourth-order valence-corrected chi connectivity index (χ4v) is 4.03. The van der Waals surface area contributed by atoms with Gasteiger partial charge in [0, 0.05) is 36.4 Å². The molecule has 0 unspecified atom stereocenters. The van der Waals surface area contributed by atoms with Crippen molar-refractivity contribution in [3.63, 3.8) is 0 Å². The third kappa shape index (κ3) is 5.81. The topological polar surface area (TPSA) is 91.4 Å². The number of carbonyl (C=O) groups excluding carboxylic acids is 1. The number of nitrogens with zero attached hydrogens (tertiary/aromatic N) is 2. The number of fused-ring (bicyclic) bond motifs is 1. The van der Waals surface area contributed by atoms with Crippen molar-refractivity contribution in [1.29, 1.82) is 0 Å². The van der Waals surface area contributed by atoms with Crippen LogP contribution < -0.4 is 20.5 Å².